The molecule has 29 heavy (non-hydrogen) atoms. The summed E-state index contributed by atoms with van der Waals surface area (Å²) in [4.78, 5) is 34.1. The van der Waals surface area contributed by atoms with E-state index in [0.29, 0.717) is 6.42 Å². The third kappa shape index (κ3) is 19.8. The standard InChI is InChI=1S/C23H42BO5/c1-4-5-6-13-16-21(28-23(27)19-20(2)25)17-14-11-9-7-8-10-12-15-18-22(26)29-24-3/h21H,4-19H2,1-3H3. The van der Waals surface area contributed by atoms with E-state index in [9.17, 15) is 14.4 Å². The third-order valence-corrected chi connectivity index (χ3v) is 4.98. The highest BCUT2D eigenvalue weighted by Gasteiger charge is 2.15. The Hall–Kier alpha value is -1.33. The minimum atomic E-state index is -0.376. The fraction of sp³-hybridized carbons (Fsp3) is 0.870. The second-order valence-electron chi connectivity index (χ2n) is 7.93. The van der Waals surface area contributed by atoms with Crippen molar-refractivity contribution < 1.29 is 23.8 Å². The van der Waals surface area contributed by atoms with Crippen LogP contribution in [0.4, 0.5) is 0 Å². The van der Waals surface area contributed by atoms with Crippen molar-refractivity contribution in [3.63, 3.8) is 0 Å². The summed E-state index contributed by atoms with van der Waals surface area (Å²) in [7, 11) is 1.43. The quantitative estimate of drug-likeness (QED) is 0.107. The second-order valence-corrected chi connectivity index (χ2v) is 7.93. The van der Waals surface area contributed by atoms with Gasteiger partial charge in [-0.1, -0.05) is 71.5 Å². The number of hydrogen-bond acceptors (Lipinski definition) is 5. The van der Waals surface area contributed by atoms with Crippen molar-refractivity contribution in [1.29, 1.82) is 0 Å². The summed E-state index contributed by atoms with van der Waals surface area (Å²) in [6, 6.07) is 0. The van der Waals surface area contributed by atoms with E-state index in [-0.39, 0.29) is 30.2 Å². The molecule has 0 N–H and O–H groups in total. The zero-order valence-corrected chi connectivity index (χ0v) is 19.0. The normalized spacial score (nSPS) is 11.7. The molecule has 1 atom stereocenters. The van der Waals surface area contributed by atoms with Gasteiger partial charge in [0.1, 0.15) is 18.3 Å². The van der Waals surface area contributed by atoms with Gasteiger partial charge in [-0.25, -0.2) is 0 Å². The maximum absolute atomic E-state index is 11.8. The van der Waals surface area contributed by atoms with Crippen molar-refractivity contribution in [2.75, 3.05) is 0 Å². The number of ether oxygens (including phenoxy) is 1. The predicted octanol–water partition coefficient (Wildman–Crippen LogP) is 5.96. The molecule has 167 valence electrons. The molecule has 0 heterocycles. The van der Waals surface area contributed by atoms with E-state index in [1.165, 1.54) is 52.9 Å². The first kappa shape index (κ1) is 27.7. The minimum Gasteiger partial charge on any atom is -0.539 e. The predicted molar refractivity (Wildman–Crippen MR) is 118 cm³/mol. The van der Waals surface area contributed by atoms with E-state index in [0.717, 1.165) is 51.4 Å². The summed E-state index contributed by atoms with van der Waals surface area (Å²) >= 11 is 0. The van der Waals surface area contributed by atoms with Gasteiger partial charge in [-0.05, 0) is 39.0 Å². The maximum atomic E-state index is 11.8. The smallest absolute Gasteiger partial charge is 0.370 e. The van der Waals surface area contributed by atoms with Crippen molar-refractivity contribution in [2.45, 2.75) is 130 Å². The molecule has 0 spiro atoms. The molecule has 0 saturated carbocycles. The van der Waals surface area contributed by atoms with Gasteiger partial charge in [0, 0.05) is 6.42 Å². The lowest BCUT2D eigenvalue weighted by atomic mass is 10.0. The number of Topliss-reactive ketones (excluding diaryl/α,β-unsaturated/α-hetero) is 1. The summed E-state index contributed by atoms with van der Waals surface area (Å²) < 4.78 is 10.4. The Morgan fingerprint density at radius 3 is 1.79 bits per heavy atom. The van der Waals surface area contributed by atoms with Crippen LogP contribution in [0.15, 0.2) is 0 Å². The van der Waals surface area contributed by atoms with Crippen molar-refractivity contribution in [3.8, 4) is 0 Å². The summed E-state index contributed by atoms with van der Waals surface area (Å²) in [5.41, 5.74) is 0. The molecular formula is C23H42BO5. The van der Waals surface area contributed by atoms with Crippen LogP contribution in [0.25, 0.3) is 0 Å². The lowest BCUT2D eigenvalue weighted by Gasteiger charge is -2.18. The zero-order valence-electron chi connectivity index (χ0n) is 19.0. The Labute approximate surface area is 179 Å². The van der Waals surface area contributed by atoms with Crippen molar-refractivity contribution in [1.82, 2.24) is 0 Å². The Morgan fingerprint density at radius 2 is 1.28 bits per heavy atom. The highest BCUT2D eigenvalue weighted by Crippen LogP contribution is 2.17. The number of unbranched alkanes of at least 4 members (excludes halogenated alkanes) is 10. The number of rotatable bonds is 20. The summed E-state index contributed by atoms with van der Waals surface area (Å²) in [6.45, 7) is 5.32. The highest BCUT2D eigenvalue weighted by molar-refractivity contribution is 6.28. The Bertz CT molecular complexity index is 439. The molecule has 1 unspecified atom stereocenters. The SMILES string of the molecule is C[B]OC(=O)CCCCCCCCCCC(CCCCCC)OC(=O)CC(C)=O. The number of carbonyl (C=O) groups is 3. The molecule has 0 aromatic carbocycles. The first-order valence-electron chi connectivity index (χ1n) is 11.7. The maximum Gasteiger partial charge on any atom is 0.370 e. The zero-order chi connectivity index (χ0) is 21.7. The van der Waals surface area contributed by atoms with Gasteiger partial charge in [-0.15, -0.1) is 0 Å². The molecule has 0 aromatic rings. The number of carbonyl (C=O) groups excluding carboxylic acids is 3. The lowest BCUT2D eigenvalue weighted by Crippen LogP contribution is -2.20. The van der Waals surface area contributed by atoms with E-state index < -0.39 is 0 Å². The Morgan fingerprint density at radius 1 is 0.759 bits per heavy atom. The second kappa shape index (κ2) is 20.0. The van der Waals surface area contributed by atoms with Crippen LogP contribution in [0.3, 0.4) is 0 Å². The Kier molecular flexibility index (Phi) is 19.1. The molecule has 6 heteroatoms. The molecule has 0 rings (SSSR count). The first-order valence-corrected chi connectivity index (χ1v) is 11.7. The van der Waals surface area contributed by atoms with Gasteiger partial charge < -0.3 is 9.39 Å². The third-order valence-electron chi connectivity index (χ3n) is 4.98. The van der Waals surface area contributed by atoms with Crippen molar-refractivity contribution in [3.05, 3.63) is 0 Å². The van der Waals surface area contributed by atoms with Gasteiger partial charge in [-0.2, -0.15) is 0 Å². The number of hydrogen-bond donors (Lipinski definition) is 0. The van der Waals surface area contributed by atoms with Gasteiger partial charge >= 0.3 is 13.5 Å². The van der Waals surface area contributed by atoms with E-state index >= 15 is 0 Å². The van der Waals surface area contributed by atoms with Crippen molar-refractivity contribution >= 4 is 25.2 Å². The molecule has 1 radical (unpaired) electrons. The molecular weight excluding hydrogens is 367 g/mol. The molecule has 0 aliphatic carbocycles. The van der Waals surface area contributed by atoms with E-state index in [4.69, 9.17) is 9.39 Å². The lowest BCUT2D eigenvalue weighted by molar-refractivity contribution is -0.151. The van der Waals surface area contributed by atoms with Crippen LogP contribution in [-0.2, 0) is 23.8 Å². The molecule has 0 aliphatic rings. The van der Waals surface area contributed by atoms with Crippen LogP contribution in [0, 0.1) is 0 Å². The van der Waals surface area contributed by atoms with Crippen LogP contribution in [-0.4, -0.2) is 31.3 Å². The summed E-state index contributed by atoms with van der Waals surface area (Å²) in [5, 5.41) is 0. The average Bonchev–Trinajstić information content (AvgIpc) is 2.65. The monoisotopic (exact) mass is 409 g/mol. The molecule has 0 amide bonds. The molecule has 0 fully saturated rings. The van der Waals surface area contributed by atoms with Crippen LogP contribution in [0.1, 0.15) is 117 Å². The fourth-order valence-corrected chi connectivity index (χ4v) is 3.38. The average molecular weight is 409 g/mol. The van der Waals surface area contributed by atoms with Gasteiger partial charge in [0.15, 0.2) is 0 Å². The molecule has 0 aromatic heterocycles. The van der Waals surface area contributed by atoms with Gasteiger partial charge in [0.25, 0.3) is 5.97 Å². The topological polar surface area (TPSA) is 69.7 Å². The van der Waals surface area contributed by atoms with Crippen LogP contribution in [0.5, 0.6) is 0 Å². The van der Waals surface area contributed by atoms with Gasteiger partial charge in [0.05, 0.1) is 0 Å². The molecule has 5 nitrogen and oxygen atoms in total. The van der Waals surface area contributed by atoms with Crippen LogP contribution >= 0.6 is 0 Å². The van der Waals surface area contributed by atoms with Crippen LogP contribution < -0.4 is 0 Å². The van der Waals surface area contributed by atoms with Gasteiger partial charge in [0.2, 0.25) is 0 Å². The molecule has 0 aliphatic heterocycles. The molecule has 0 bridgehead atoms. The van der Waals surface area contributed by atoms with Crippen molar-refractivity contribution in [2.24, 2.45) is 0 Å². The molecule has 0 saturated heterocycles. The van der Waals surface area contributed by atoms with E-state index in [1.54, 1.807) is 6.82 Å². The minimum absolute atomic E-state index is 0.0428. The fourth-order valence-electron chi connectivity index (χ4n) is 3.38. The number of esters is 1. The van der Waals surface area contributed by atoms with Crippen LogP contribution in [0.2, 0.25) is 6.82 Å². The Balaban J connectivity index is 3.80. The highest BCUT2D eigenvalue weighted by atomic mass is 16.5. The summed E-state index contributed by atoms with van der Waals surface area (Å²) in [5.74, 6) is -0.653. The number of ketones is 1. The van der Waals surface area contributed by atoms with E-state index in [1.807, 2.05) is 0 Å². The largest absolute Gasteiger partial charge is 0.539 e. The van der Waals surface area contributed by atoms with E-state index in [2.05, 4.69) is 6.92 Å². The first-order chi connectivity index (χ1) is 14.0. The summed E-state index contributed by atoms with van der Waals surface area (Å²) in [6.07, 6.45) is 15.7. The van der Waals surface area contributed by atoms with Gasteiger partial charge in [-0.3, -0.25) is 14.4 Å².